The summed E-state index contributed by atoms with van der Waals surface area (Å²) in [5.41, 5.74) is 0.953. The Hall–Kier alpha value is -1.77. The van der Waals surface area contributed by atoms with E-state index >= 15 is 0 Å². The summed E-state index contributed by atoms with van der Waals surface area (Å²) in [7, 11) is 0. The molecule has 1 N–H and O–H groups in total. The second kappa shape index (κ2) is 10.1. The van der Waals surface area contributed by atoms with Crippen molar-refractivity contribution >= 4 is 12.0 Å². The number of rotatable bonds is 6. The lowest BCUT2D eigenvalue weighted by molar-refractivity contribution is -0.117. The second-order valence-electron chi connectivity index (χ2n) is 6.27. The Morgan fingerprint density at radius 2 is 1.87 bits per heavy atom. The van der Waals surface area contributed by atoms with Crippen LogP contribution < -0.4 is 10.1 Å². The van der Waals surface area contributed by atoms with Crippen LogP contribution in [0, 0.1) is 0 Å². The van der Waals surface area contributed by atoms with Crippen molar-refractivity contribution < 1.29 is 9.53 Å². The molecule has 1 aromatic carbocycles. The molecule has 0 saturated heterocycles. The lowest BCUT2D eigenvalue weighted by Gasteiger charge is -2.20. The van der Waals surface area contributed by atoms with Crippen molar-refractivity contribution in [3.8, 4) is 5.75 Å². The number of hydrogen-bond donors (Lipinski definition) is 1. The van der Waals surface area contributed by atoms with Crippen LogP contribution >= 0.6 is 0 Å². The van der Waals surface area contributed by atoms with Crippen LogP contribution in [0.1, 0.15) is 63.9 Å². The van der Waals surface area contributed by atoms with Crippen molar-refractivity contribution in [2.24, 2.45) is 0 Å². The molecule has 0 unspecified atom stereocenters. The minimum absolute atomic E-state index is 0.000804. The first-order valence-corrected chi connectivity index (χ1v) is 9.00. The molecule has 1 aromatic rings. The lowest BCUT2D eigenvalue weighted by atomic mass is 9.97. The summed E-state index contributed by atoms with van der Waals surface area (Å²) >= 11 is 0. The van der Waals surface area contributed by atoms with Gasteiger partial charge in [-0.15, -0.1) is 0 Å². The Bertz CT molecular complexity index is 502. The van der Waals surface area contributed by atoms with Gasteiger partial charge in [-0.1, -0.05) is 57.2 Å². The average molecular weight is 315 g/mol. The second-order valence-corrected chi connectivity index (χ2v) is 6.27. The molecule has 0 aliphatic heterocycles. The molecular formula is C20H29NO2. The Morgan fingerprint density at radius 3 is 2.61 bits per heavy atom. The van der Waals surface area contributed by atoms with E-state index in [0.29, 0.717) is 12.6 Å². The minimum atomic E-state index is 0.000804. The highest BCUT2D eigenvalue weighted by atomic mass is 16.5. The Morgan fingerprint density at radius 1 is 1.17 bits per heavy atom. The molecule has 0 spiro atoms. The highest BCUT2D eigenvalue weighted by molar-refractivity contribution is 5.92. The molecule has 0 heterocycles. The lowest BCUT2D eigenvalue weighted by Crippen LogP contribution is -2.34. The molecule has 3 heteroatoms. The molecule has 0 radical (unpaired) electrons. The zero-order valence-corrected chi connectivity index (χ0v) is 14.2. The fraction of sp³-hybridized carbons (Fsp3) is 0.550. The van der Waals surface area contributed by atoms with Gasteiger partial charge >= 0.3 is 0 Å². The van der Waals surface area contributed by atoms with Crippen LogP contribution in [0.25, 0.3) is 6.08 Å². The normalized spacial score (nSPS) is 16.7. The maximum absolute atomic E-state index is 12.2. The molecule has 23 heavy (non-hydrogen) atoms. The number of amides is 1. The summed E-state index contributed by atoms with van der Waals surface area (Å²) in [5, 5.41) is 3.15. The van der Waals surface area contributed by atoms with E-state index in [0.717, 1.165) is 30.6 Å². The summed E-state index contributed by atoms with van der Waals surface area (Å²) in [4.78, 5) is 12.2. The molecule has 1 aliphatic rings. The zero-order chi connectivity index (χ0) is 16.3. The fourth-order valence-electron chi connectivity index (χ4n) is 2.98. The standard InChI is InChI=1S/C20H29NO2/c1-2-16-23-19-13-9-8-10-17(19)14-15-20(22)21-18-11-6-4-3-5-7-12-18/h8-10,13-15,18H,2-7,11-12,16H2,1H3,(H,21,22)/b15-14+. The summed E-state index contributed by atoms with van der Waals surface area (Å²) in [6.45, 7) is 2.78. The maximum atomic E-state index is 12.2. The van der Waals surface area contributed by atoms with Gasteiger partial charge in [0, 0.05) is 17.7 Å². The molecule has 0 aromatic heterocycles. The first-order valence-electron chi connectivity index (χ1n) is 9.00. The summed E-state index contributed by atoms with van der Waals surface area (Å²) in [6, 6.07) is 8.17. The molecule has 1 aliphatic carbocycles. The number of para-hydroxylation sites is 1. The number of carbonyl (C=O) groups excluding carboxylic acids is 1. The largest absolute Gasteiger partial charge is 0.493 e. The van der Waals surface area contributed by atoms with E-state index in [-0.39, 0.29) is 5.91 Å². The smallest absolute Gasteiger partial charge is 0.244 e. The third-order valence-electron chi connectivity index (χ3n) is 4.25. The van der Waals surface area contributed by atoms with Crippen molar-refractivity contribution in [1.82, 2.24) is 5.32 Å². The zero-order valence-electron chi connectivity index (χ0n) is 14.2. The van der Waals surface area contributed by atoms with Gasteiger partial charge in [0.15, 0.2) is 0 Å². The number of carbonyl (C=O) groups is 1. The quantitative estimate of drug-likeness (QED) is 0.772. The summed E-state index contributed by atoms with van der Waals surface area (Å²) < 4.78 is 5.72. The van der Waals surface area contributed by atoms with Crippen LogP contribution in [0.4, 0.5) is 0 Å². The van der Waals surface area contributed by atoms with E-state index in [1.54, 1.807) is 6.08 Å². The van der Waals surface area contributed by atoms with E-state index in [1.807, 2.05) is 30.3 Å². The number of hydrogen-bond acceptors (Lipinski definition) is 2. The third-order valence-corrected chi connectivity index (χ3v) is 4.25. The molecule has 0 atom stereocenters. The van der Waals surface area contributed by atoms with Crippen molar-refractivity contribution in [2.75, 3.05) is 6.61 Å². The van der Waals surface area contributed by atoms with E-state index in [9.17, 15) is 4.79 Å². The van der Waals surface area contributed by atoms with Crippen LogP contribution in [-0.4, -0.2) is 18.6 Å². The van der Waals surface area contributed by atoms with Gasteiger partial charge in [0.05, 0.1) is 6.61 Å². The molecule has 1 saturated carbocycles. The van der Waals surface area contributed by atoms with Crippen molar-refractivity contribution in [2.45, 2.75) is 64.3 Å². The van der Waals surface area contributed by atoms with Gasteiger partial charge in [0.2, 0.25) is 5.91 Å². The Labute approximate surface area is 140 Å². The monoisotopic (exact) mass is 315 g/mol. The van der Waals surface area contributed by atoms with Crippen molar-refractivity contribution in [3.05, 3.63) is 35.9 Å². The van der Waals surface area contributed by atoms with Gasteiger partial charge in [-0.25, -0.2) is 0 Å². The topological polar surface area (TPSA) is 38.3 Å². The van der Waals surface area contributed by atoms with E-state index in [2.05, 4.69) is 12.2 Å². The predicted molar refractivity (Wildman–Crippen MR) is 95.5 cm³/mol. The van der Waals surface area contributed by atoms with Crippen molar-refractivity contribution in [1.29, 1.82) is 0 Å². The van der Waals surface area contributed by atoms with E-state index in [4.69, 9.17) is 4.74 Å². The summed E-state index contributed by atoms with van der Waals surface area (Å²) in [5.74, 6) is 0.838. The molecule has 126 valence electrons. The molecule has 3 nitrogen and oxygen atoms in total. The Kier molecular flexibility index (Phi) is 7.71. The first kappa shape index (κ1) is 17.6. The van der Waals surface area contributed by atoms with Crippen LogP contribution in [-0.2, 0) is 4.79 Å². The van der Waals surface area contributed by atoms with Crippen LogP contribution in [0.15, 0.2) is 30.3 Å². The Balaban J connectivity index is 1.89. The highest BCUT2D eigenvalue weighted by Crippen LogP contribution is 2.20. The molecule has 1 fully saturated rings. The van der Waals surface area contributed by atoms with Gasteiger partial charge in [0.25, 0.3) is 0 Å². The summed E-state index contributed by atoms with van der Waals surface area (Å²) in [6.07, 6.45) is 13.1. The minimum Gasteiger partial charge on any atom is -0.493 e. The average Bonchev–Trinajstić information content (AvgIpc) is 2.54. The highest BCUT2D eigenvalue weighted by Gasteiger charge is 2.12. The van der Waals surface area contributed by atoms with Crippen LogP contribution in [0.5, 0.6) is 5.75 Å². The molecule has 0 bridgehead atoms. The number of benzene rings is 1. The van der Waals surface area contributed by atoms with Gasteiger partial charge in [-0.05, 0) is 31.4 Å². The molecule has 1 amide bonds. The fourth-order valence-corrected chi connectivity index (χ4v) is 2.98. The molecular weight excluding hydrogens is 286 g/mol. The van der Waals surface area contributed by atoms with Crippen LogP contribution in [0.2, 0.25) is 0 Å². The van der Waals surface area contributed by atoms with Crippen molar-refractivity contribution in [3.63, 3.8) is 0 Å². The van der Waals surface area contributed by atoms with Crippen LogP contribution in [0.3, 0.4) is 0 Å². The predicted octanol–water partition coefficient (Wildman–Crippen LogP) is 4.72. The first-order chi connectivity index (χ1) is 11.3. The molecule has 2 rings (SSSR count). The maximum Gasteiger partial charge on any atom is 0.244 e. The third kappa shape index (κ3) is 6.47. The number of nitrogens with one attached hydrogen (secondary N) is 1. The van der Waals surface area contributed by atoms with Gasteiger partial charge in [-0.3, -0.25) is 4.79 Å². The van der Waals surface area contributed by atoms with Gasteiger partial charge in [0.1, 0.15) is 5.75 Å². The van der Waals surface area contributed by atoms with E-state index < -0.39 is 0 Å². The van der Waals surface area contributed by atoms with Gasteiger partial charge < -0.3 is 10.1 Å². The van der Waals surface area contributed by atoms with Gasteiger partial charge in [-0.2, -0.15) is 0 Å². The van der Waals surface area contributed by atoms with E-state index in [1.165, 1.54) is 32.1 Å². The SMILES string of the molecule is CCCOc1ccccc1/C=C/C(=O)NC1CCCCCCC1. The number of ether oxygens (including phenoxy) is 1.